The third-order valence-corrected chi connectivity index (χ3v) is 9.73. The van der Waals surface area contributed by atoms with Crippen LogP contribution in [0.15, 0.2) is 103 Å². The van der Waals surface area contributed by atoms with E-state index in [4.69, 9.17) is 4.74 Å². The van der Waals surface area contributed by atoms with Gasteiger partial charge >= 0.3 is 0 Å². The minimum atomic E-state index is -0.284. The summed E-state index contributed by atoms with van der Waals surface area (Å²) in [6.07, 6.45) is 0. The van der Waals surface area contributed by atoms with Gasteiger partial charge in [0.15, 0.2) is 11.5 Å². The van der Waals surface area contributed by atoms with Crippen LogP contribution in [0.1, 0.15) is 78.6 Å². The van der Waals surface area contributed by atoms with Crippen molar-refractivity contribution in [1.82, 2.24) is 0 Å². The van der Waals surface area contributed by atoms with Crippen LogP contribution in [0, 0.1) is 41.5 Å². The number of phenolic OH excluding ortho intramolecular Hbond substituents is 6. The van der Waals surface area contributed by atoms with E-state index in [1.54, 1.807) is 54.6 Å². The molecule has 0 aromatic heterocycles. The van der Waals surface area contributed by atoms with Crippen molar-refractivity contribution in [3.05, 3.63) is 170 Å². The lowest BCUT2D eigenvalue weighted by Crippen LogP contribution is -2.09. The van der Waals surface area contributed by atoms with Crippen molar-refractivity contribution in [3.63, 3.8) is 0 Å². The second-order valence-corrected chi connectivity index (χ2v) is 13.4. The molecule has 6 rings (SSSR count). The summed E-state index contributed by atoms with van der Waals surface area (Å²) in [6.45, 7) is 11.5. The lowest BCUT2D eigenvalue weighted by molar-refractivity contribution is 0.370. The van der Waals surface area contributed by atoms with E-state index in [1.165, 1.54) is 7.11 Å². The van der Waals surface area contributed by atoms with E-state index in [1.807, 2.05) is 90.1 Å². The number of hydrogen-bond acceptors (Lipinski definition) is 7. The highest BCUT2D eigenvalue weighted by molar-refractivity contribution is 5.59. The van der Waals surface area contributed by atoms with Crippen molar-refractivity contribution in [2.75, 3.05) is 7.11 Å². The van der Waals surface area contributed by atoms with Gasteiger partial charge in [-0.15, -0.1) is 0 Å². The molecule has 0 fully saturated rings. The standard InChI is InChI=1S/C24H26O4.C21H20O3/c1-13-11-20(25)15(3)9-18(13)23(17-7-6-8-22(28-5)24(17)27)19-10-16(4)21(26)12-14(19)2;1-13-11-15(22)7-9-17(13)21(19-5-3-4-6-20(19)24)18-10-8-16(23)12-14(18)2/h6-12,23,25-27H,1-5H3;3-12,21-24H,1-2H3. The smallest absolute Gasteiger partial charge is 0.161 e. The highest BCUT2D eigenvalue weighted by Gasteiger charge is 2.27. The maximum absolute atomic E-state index is 10.9. The fourth-order valence-corrected chi connectivity index (χ4v) is 6.91. The number of phenols is 6. The molecule has 0 saturated heterocycles. The van der Waals surface area contributed by atoms with Gasteiger partial charge in [0.2, 0.25) is 0 Å². The molecule has 268 valence electrons. The first kappa shape index (κ1) is 37.2. The zero-order chi connectivity index (χ0) is 37.9. The molecule has 6 aromatic rings. The quantitative estimate of drug-likeness (QED) is 0.0916. The van der Waals surface area contributed by atoms with E-state index in [0.717, 1.165) is 61.2 Å². The minimum absolute atomic E-state index is 0.0882. The molecule has 0 amide bonds. The van der Waals surface area contributed by atoms with E-state index in [2.05, 4.69) is 0 Å². The molecule has 6 aromatic carbocycles. The van der Waals surface area contributed by atoms with Gasteiger partial charge in [0.25, 0.3) is 0 Å². The van der Waals surface area contributed by atoms with Crippen molar-refractivity contribution >= 4 is 0 Å². The summed E-state index contributed by atoms with van der Waals surface area (Å²) in [7, 11) is 1.53. The van der Waals surface area contributed by atoms with Crippen molar-refractivity contribution in [3.8, 4) is 40.2 Å². The van der Waals surface area contributed by atoms with E-state index in [9.17, 15) is 30.6 Å². The zero-order valence-electron chi connectivity index (χ0n) is 30.6. The second kappa shape index (κ2) is 15.4. The maximum atomic E-state index is 10.9. The molecular weight excluding hydrogens is 652 g/mol. The van der Waals surface area contributed by atoms with E-state index in [0.29, 0.717) is 11.3 Å². The molecule has 0 saturated carbocycles. The number of rotatable bonds is 7. The van der Waals surface area contributed by atoms with Crippen LogP contribution < -0.4 is 4.74 Å². The molecule has 7 heteroatoms. The highest BCUT2D eigenvalue weighted by atomic mass is 16.5. The van der Waals surface area contributed by atoms with Gasteiger partial charge in [-0.25, -0.2) is 0 Å². The van der Waals surface area contributed by atoms with Crippen molar-refractivity contribution in [2.45, 2.75) is 53.4 Å². The van der Waals surface area contributed by atoms with Crippen molar-refractivity contribution in [2.24, 2.45) is 0 Å². The molecule has 52 heavy (non-hydrogen) atoms. The van der Waals surface area contributed by atoms with Gasteiger partial charge in [-0.1, -0.05) is 54.6 Å². The third-order valence-electron chi connectivity index (χ3n) is 9.73. The van der Waals surface area contributed by atoms with Gasteiger partial charge < -0.3 is 35.4 Å². The molecule has 0 unspecified atom stereocenters. The van der Waals surface area contributed by atoms with Crippen LogP contribution in [-0.4, -0.2) is 37.7 Å². The van der Waals surface area contributed by atoms with E-state index in [-0.39, 0.29) is 46.3 Å². The summed E-state index contributed by atoms with van der Waals surface area (Å²) in [5.41, 5.74) is 10.7. The Morgan fingerprint density at radius 1 is 0.385 bits per heavy atom. The Hall–Kier alpha value is -6.08. The number of ether oxygens (including phenoxy) is 1. The molecule has 7 nitrogen and oxygen atoms in total. The van der Waals surface area contributed by atoms with Gasteiger partial charge in [-0.05, 0) is 146 Å². The fraction of sp³-hybridized carbons (Fsp3) is 0.200. The topological polar surface area (TPSA) is 131 Å². The lowest BCUT2D eigenvalue weighted by atomic mass is 9.79. The average Bonchev–Trinajstić information content (AvgIpc) is 3.09. The maximum Gasteiger partial charge on any atom is 0.161 e. The fourth-order valence-electron chi connectivity index (χ4n) is 6.91. The Bertz CT molecular complexity index is 2130. The molecule has 0 bridgehead atoms. The molecule has 0 atom stereocenters. The number of para-hydroxylation sites is 2. The van der Waals surface area contributed by atoms with Gasteiger partial charge in [-0.2, -0.15) is 0 Å². The molecule has 6 N–H and O–H groups in total. The SMILES string of the molecule is COc1cccc(C(c2cc(C)c(O)cc2C)c2cc(C)c(O)cc2C)c1O.Cc1cc(O)ccc1C(c1ccc(O)cc1C)c1ccccc1O. The predicted octanol–water partition coefficient (Wildman–Crippen LogP) is 9.83. The van der Waals surface area contributed by atoms with Crippen LogP contribution >= 0.6 is 0 Å². The Balaban J connectivity index is 0.000000203. The largest absolute Gasteiger partial charge is 0.508 e. The Labute approximate surface area is 305 Å². The van der Waals surface area contributed by atoms with Gasteiger partial charge in [0, 0.05) is 23.0 Å². The van der Waals surface area contributed by atoms with Crippen LogP contribution in [0.4, 0.5) is 0 Å². The minimum Gasteiger partial charge on any atom is -0.508 e. The Morgan fingerprint density at radius 2 is 0.827 bits per heavy atom. The van der Waals surface area contributed by atoms with Crippen LogP contribution in [-0.2, 0) is 0 Å². The van der Waals surface area contributed by atoms with Gasteiger partial charge in [0.1, 0.15) is 28.7 Å². The number of aryl methyl sites for hydroxylation is 6. The molecule has 0 aliphatic rings. The first-order chi connectivity index (χ1) is 24.7. The Morgan fingerprint density at radius 3 is 1.29 bits per heavy atom. The molecule has 0 radical (unpaired) electrons. The van der Waals surface area contributed by atoms with Crippen LogP contribution in [0.2, 0.25) is 0 Å². The van der Waals surface area contributed by atoms with Crippen LogP contribution in [0.3, 0.4) is 0 Å². The van der Waals surface area contributed by atoms with Crippen molar-refractivity contribution < 1.29 is 35.4 Å². The molecule has 0 aliphatic heterocycles. The summed E-state index contributed by atoms with van der Waals surface area (Å²) < 4.78 is 5.32. The number of methoxy groups -OCH3 is 1. The third kappa shape index (κ3) is 7.64. The highest BCUT2D eigenvalue weighted by Crippen LogP contribution is 2.45. The molecular formula is C45H46O7. The summed E-state index contributed by atoms with van der Waals surface area (Å²) in [6, 6.07) is 30.6. The monoisotopic (exact) mass is 698 g/mol. The normalized spacial score (nSPS) is 11.0. The van der Waals surface area contributed by atoms with E-state index < -0.39 is 0 Å². The molecule has 0 heterocycles. The van der Waals surface area contributed by atoms with Gasteiger partial charge in [0.05, 0.1) is 7.11 Å². The summed E-state index contributed by atoms with van der Waals surface area (Å²) in [4.78, 5) is 0. The van der Waals surface area contributed by atoms with Crippen molar-refractivity contribution in [1.29, 1.82) is 0 Å². The number of aromatic hydroxyl groups is 6. The molecule has 0 spiro atoms. The number of benzene rings is 6. The van der Waals surface area contributed by atoms with Crippen LogP contribution in [0.25, 0.3) is 0 Å². The summed E-state index contributed by atoms with van der Waals surface area (Å²) >= 11 is 0. The molecule has 0 aliphatic carbocycles. The first-order valence-corrected chi connectivity index (χ1v) is 17.0. The number of hydrogen-bond donors (Lipinski definition) is 6. The first-order valence-electron chi connectivity index (χ1n) is 17.0. The van der Waals surface area contributed by atoms with Crippen LogP contribution in [0.5, 0.6) is 40.2 Å². The Kier molecular flexibility index (Phi) is 11.0. The van der Waals surface area contributed by atoms with Gasteiger partial charge in [-0.3, -0.25) is 0 Å². The summed E-state index contributed by atoms with van der Waals surface area (Å²) in [5, 5.41) is 61.0. The zero-order valence-corrected chi connectivity index (χ0v) is 30.6. The summed E-state index contributed by atoms with van der Waals surface area (Å²) in [5.74, 6) is 1.17. The average molecular weight is 699 g/mol. The predicted molar refractivity (Wildman–Crippen MR) is 206 cm³/mol. The lowest BCUT2D eigenvalue weighted by Gasteiger charge is -2.25. The second-order valence-electron chi connectivity index (χ2n) is 13.4. The van der Waals surface area contributed by atoms with E-state index >= 15 is 0 Å².